The van der Waals surface area contributed by atoms with Gasteiger partial charge in [0, 0.05) is 6.20 Å². The van der Waals surface area contributed by atoms with Crippen molar-refractivity contribution >= 4 is 11.7 Å². The maximum absolute atomic E-state index is 10.7. The first-order valence-electron chi connectivity index (χ1n) is 4.35. The smallest absolute Gasteiger partial charge is 0.358 e. The number of aromatic nitrogens is 6. The van der Waals surface area contributed by atoms with Crippen molar-refractivity contribution < 1.29 is 9.90 Å². The molecule has 0 aromatic carbocycles. The summed E-state index contributed by atoms with van der Waals surface area (Å²) in [5, 5.41) is 23.9. The molecule has 16 heavy (non-hydrogen) atoms. The number of aryl methyl sites for hydroxylation is 1. The first-order valence-corrected chi connectivity index (χ1v) is 4.35. The fourth-order valence-corrected chi connectivity index (χ4v) is 1.22. The molecule has 0 saturated heterocycles. The number of hydrogen-bond acceptors (Lipinski definition) is 6. The molecule has 0 aliphatic heterocycles. The van der Waals surface area contributed by atoms with Gasteiger partial charge in [-0.3, -0.25) is 4.68 Å². The molecule has 3 N–H and O–H groups in total. The molecular weight excluding hydrogens is 214 g/mol. The number of anilines is 1. The van der Waals surface area contributed by atoms with E-state index in [1.165, 1.54) is 15.7 Å². The molecule has 2 rings (SSSR count). The van der Waals surface area contributed by atoms with E-state index in [9.17, 15) is 4.79 Å². The van der Waals surface area contributed by atoms with Crippen molar-refractivity contribution in [1.82, 2.24) is 30.0 Å². The average Bonchev–Trinajstić information content (AvgIpc) is 2.73. The Morgan fingerprint density at radius 3 is 2.81 bits per heavy atom. The summed E-state index contributed by atoms with van der Waals surface area (Å²) in [6.07, 6.45) is 1.42. The Balaban J connectivity index is 2.22. The Morgan fingerprint density at radius 1 is 1.56 bits per heavy atom. The number of rotatable bonds is 3. The molecule has 0 saturated carbocycles. The predicted molar refractivity (Wildman–Crippen MR) is 51.5 cm³/mol. The van der Waals surface area contributed by atoms with Crippen molar-refractivity contribution in [1.29, 1.82) is 0 Å². The lowest BCUT2D eigenvalue weighted by atomic mass is 10.4. The van der Waals surface area contributed by atoms with Gasteiger partial charge in [0.2, 0.25) is 0 Å². The molecule has 0 aliphatic rings. The first-order chi connectivity index (χ1) is 7.56. The summed E-state index contributed by atoms with van der Waals surface area (Å²) in [6.45, 7) is 0.228. The molecule has 9 nitrogen and oxygen atoms in total. The standard InChI is InChI=1S/C7H9N7O2/c1-13-10-5(9-12-13)3-14-2-4(8)6(11-14)7(15)16/h2H,3,8H2,1H3,(H,15,16). The topological polar surface area (TPSA) is 125 Å². The van der Waals surface area contributed by atoms with Gasteiger partial charge in [0.05, 0.1) is 12.7 Å². The van der Waals surface area contributed by atoms with Crippen LogP contribution in [0, 0.1) is 0 Å². The Labute approximate surface area is 89.5 Å². The fourth-order valence-electron chi connectivity index (χ4n) is 1.22. The molecule has 0 spiro atoms. The Hall–Kier alpha value is -2.45. The molecule has 0 unspecified atom stereocenters. The van der Waals surface area contributed by atoms with Crippen LogP contribution in [0.5, 0.6) is 0 Å². The molecule has 0 fully saturated rings. The largest absolute Gasteiger partial charge is 0.476 e. The lowest BCUT2D eigenvalue weighted by Crippen LogP contribution is -2.05. The number of carboxylic acids is 1. The average molecular weight is 223 g/mol. The van der Waals surface area contributed by atoms with Crippen LogP contribution in [0.2, 0.25) is 0 Å². The van der Waals surface area contributed by atoms with Crippen LogP contribution in [0.4, 0.5) is 5.69 Å². The van der Waals surface area contributed by atoms with Crippen LogP contribution in [0.15, 0.2) is 6.20 Å². The third-order valence-electron chi connectivity index (χ3n) is 1.85. The van der Waals surface area contributed by atoms with Gasteiger partial charge in [0.15, 0.2) is 11.5 Å². The molecule has 2 aromatic heterocycles. The summed E-state index contributed by atoms with van der Waals surface area (Å²) < 4.78 is 1.36. The molecule has 0 amide bonds. The molecule has 0 radical (unpaired) electrons. The number of hydrogen-bond donors (Lipinski definition) is 2. The normalized spacial score (nSPS) is 10.6. The number of aromatic carboxylic acids is 1. The van der Waals surface area contributed by atoms with Crippen molar-refractivity contribution in [3.05, 3.63) is 17.7 Å². The number of nitrogens with two attached hydrogens (primary N) is 1. The van der Waals surface area contributed by atoms with Crippen molar-refractivity contribution in [3.63, 3.8) is 0 Å². The number of carboxylic acid groups (broad SMARTS) is 1. The summed E-state index contributed by atoms with van der Waals surface area (Å²) >= 11 is 0. The van der Waals surface area contributed by atoms with Crippen LogP contribution in [-0.4, -0.2) is 41.1 Å². The van der Waals surface area contributed by atoms with E-state index in [-0.39, 0.29) is 17.9 Å². The highest BCUT2D eigenvalue weighted by atomic mass is 16.4. The van der Waals surface area contributed by atoms with Crippen LogP contribution in [0.25, 0.3) is 0 Å². The number of nitrogens with zero attached hydrogens (tertiary/aromatic N) is 6. The first kappa shape index (κ1) is 10.1. The predicted octanol–water partition coefficient (Wildman–Crippen LogP) is -1.26. The maximum atomic E-state index is 10.7. The molecular formula is C7H9N7O2. The maximum Gasteiger partial charge on any atom is 0.358 e. The molecule has 9 heteroatoms. The quantitative estimate of drug-likeness (QED) is 0.664. The van der Waals surface area contributed by atoms with Crippen LogP contribution < -0.4 is 5.73 Å². The van der Waals surface area contributed by atoms with E-state index in [1.807, 2.05) is 0 Å². The Bertz CT molecular complexity index is 529. The molecule has 84 valence electrons. The summed E-state index contributed by atoms with van der Waals surface area (Å²) in [6, 6.07) is 0. The highest BCUT2D eigenvalue weighted by molar-refractivity contribution is 5.91. The zero-order valence-corrected chi connectivity index (χ0v) is 8.40. The number of nitrogen functional groups attached to an aromatic ring is 1. The van der Waals surface area contributed by atoms with E-state index in [0.717, 1.165) is 0 Å². The van der Waals surface area contributed by atoms with E-state index >= 15 is 0 Å². The van der Waals surface area contributed by atoms with Crippen molar-refractivity contribution in [2.24, 2.45) is 7.05 Å². The van der Waals surface area contributed by atoms with Gasteiger partial charge in [-0.2, -0.15) is 9.90 Å². The van der Waals surface area contributed by atoms with Crippen LogP contribution in [0.1, 0.15) is 16.3 Å². The van der Waals surface area contributed by atoms with E-state index < -0.39 is 5.97 Å². The third kappa shape index (κ3) is 1.82. The highest BCUT2D eigenvalue weighted by Crippen LogP contribution is 2.09. The minimum Gasteiger partial charge on any atom is -0.476 e. The molecule has 2 heterocycles. The Kier molecular flexibility index (Phi) is 2.27. The molecule has 0 aliphatic carbocycles. The van der Waals surface area contributed by atoms with Crippen molar-refractivity contribution in [2.45, 2.75) is 6.54 Å². The van der Waals surface area contributed by atoms with Crippen LogP contribution in [0.3, 0.4) is 0 Å². The van der Waals surface area contributed by atoms with Gasteiger partial charge >= 0.3 is 5.97 Å². The second kappa shape index (κ2) is 3.61. The monoisotopic (exact) mass is 223 g/mol. The lowest BCUT2D eigenvalue weighted by Gasteiger charge is -1.93. The highest BCUT2D eigenvalue weighted by Gasteiger charge is 2.14. The lowest BCUT2D eigenvalue weighted by molar-refractivity contribution is 0.0690. The molecule has 2 aromatic rings. The van der Waals surface area contributed by atoms with E-state index in [0.29, 0.717) is 5.82 Å². The van der Waals surface area contributed by atoms with Crippen LogP contribution >= 0.6 is 0 Å². The van der Waals surface area contributed by atoms with E-state index in [2.05, 4.69) is 20.5 Å². The van der Waals surface area contributed by atoms with Gasteiger partial charge < -0.3 is 10.8 Å². The fraction of sp³-hybridized carbons (Fsp3) is 0.286. The summed E-state index contributed by atoms with van der Waals surface area (Å²) in [4.78, 5) is 12.0. The van der Waals surface area contributed by atoms with Crippen molar-refractivity contribution in [2.75, 3.05) is 5.73 Å². The summed E-state index contributed by atoms with van der Waals surface area (Å²) in [7, 11) is 1.64. The molecule has 0 bridgehead atoms. The summed E-state index contributed by atoms with van der Waals surface area (Å²) in [5.41, 5.74) is 5.41. The van der Waals surface area contributed by atoms with Crippen molar-refractivity contribution in [3.8, 4) is 0 Å². The van der Waals surface area contributed by atoms with Gasteiger partial charge in [0.1, 0.15) is 6.54 Å². The van der Waals surface area contributed by atoms with Gasteiger partial charge in [-0.1, -0.05) is 0 Å². The second-order valence-corrected chi connectivity index (χ2v) is 3.13. The summed E-state index contributed by atoms with van der Waals surface area (Å²) in [5.74, 6) is -0.731. The van der Waals surface area contributed by atoms with Gasteiger partial charge in [-0.15, -0.1) is 10.2 Å². The Morgan fingerprint density at radius 2 is 2.31 bits per heavy atom. The van der Waals surface area contributed by atoms with Gasteiger partial charge in [0.25, 0.3) is 0 Å². The van der Waals surface area contributed by atoms with Crippen LogP contribution in [-0.2, 0) is 13.6 Å². The molecule has 0 atom stereocenters. The minimum atomic E-state index is -1.16. The van der Waals surface area contributed by atoms with E-state index in [4.69, 9.17) is 10.8 Å². The zero-order chi connectivity index (χ0) is 11.7. The number of carbonyl (C=O) groups is 1. The SMILES string of the molecule is Cn1nnc(Cn2cc(N)c(C(=O)O)n2)n1. The van der Waals surface area contributed by atoms with Gasteiger partial charge in [-0.25, -0.2) is 4.79 Å². The number of tetrazole rings is 1. The van der Waals surface area contributed by atoms with E-state index in [1.54, 1.807) is 7.05 Å². The zero-order valence-electron chi connectivity index (χ0n) is 8.40. The van der Waals surface area contributed by atoms with Gasteiger partial charge in [-0.05, 0) is 5.21 Å². The second-order valence-electron chi connectivity index (χ2n) is 3.13. The third-order valence-corrected chi connectivity index (χ3v) is 1.85. The minimum absolute atomic E-state index is 0.108.